The van der Waals surface area contributed by atoms with E-state index in [1.807, 2.05) is 0 Å². The molecule has 0 aromatic rings. The zero-order valence-corrected chi connectivity index (χ0v) is 22.4. The first-order valence-corrected chi connectivity index (χ1v) is 1.88. The minimum Gasteiger partial charge on any atom is -1.00 e. The Morgan fingerprint density at radius 2 is 0.875 bits per heavy atom. The average molecular weight is 294 g/mol. The first kappa shape index (κ1) is 42.7. The molecule has 16 heavy (non-hydrogen) atoms. The maximum Gasteiger partial charge on any atom is 1.00 e. The van der Waals surface area contributed by atoms with Crippen molar-refractivity contribution in [3.05, 3.63) is 0 Å². The summed E-state index contributed by atoms with van der Waals surface area (Å²) < 4.78 is 6.47. The Balaban J connectivity index is -0.00000000614. The van der Waals surface area contributed by atoms with E-state index >= 15 is 0 Å². The summed E-state index contributed by atoms with van der Waals surface area (Å²) in [5.74, 6) is 0. The summed E-state index contributed by atoms with van der Waals surface area (Å²) in [6.07, 6.45) is -5.64. The molecule has 0 aromatic heterocycles. The van der Waals surface area contributed by atoms with Gasteiger partial charge in [-0.3, -0.25) is 0 Å². The van der Waals surface area contributed by atoms with Crippen LogP contribution in [0.25, 0.3) is 0 Å². The summed E-state index contributed by atoms with van der Waals surface area (Å²) in [6.45, 7) is 0. The van der Waals surface area contributed by atoms with Crippen molar-refractivity contribution in [2.45, 2.75) is 0 Å². The van der Waals surface area contributed by atoms with E-state index in [2.05, 4.69) is 9.47 Å². The van der Waals surface area contributed by atoms with Crippen molar-refractivity contribution >= 4 is 18.5 Å². The third-order valence-corrected chi connectivity index (χ3v) is 0.341. The van der Waals surface area contributed by atoms with Crippen molar-refractivity contribution in [2.24, 2.45) is 0 Å². The zero-order chi connectivity index (χ0) is 8.15. The summed E-state index contributed by atoms with van der Waals surface area (Å²) in [5, 5.41) is 15.4. The largest absolute Gasteiger partial charge is 1.00 e. The van der Waals surface area contributed by atoms with Crippen LogP contribution in [0.3, 0.4) is 0 Å². The van der Waals surface area contributed by atoms with Gasteiger partial charge in [-0.15, -0.1) is 0 Å². The molecule has 0 atom stereocenters. The van der Waals surface area contributed by atoms with Gasteiger partial charge in [0.15, 0.2) is 0 Å². The molecular weight excluding hydrogens is 286 g/mol. The van der Waals surface area contributed by atoms with Crippen molar-refractivity contribution in [1.82, 2.24) is 0 Å². The number of hydrogen-bond donors (Lipinski definition) is 2. The van der Waals surface area contributed by atoms with Gasteiger partial charge in [-0.1, -0.05) is 0 Å². The minimum atomic E-state index is -1.92. The average Bonchev–Trinajstić information content (AvgIpc) is 1.58. The molecule has 0 radical (unpaired) electrons. The van der Waals surface area contributed by atoms with Crippen LogP contribution in [0, 0.1) is 0 Å². The van der Waals surface area contributed by atoms with Crippen LogP contribution in [0.1, 0.15) is 8.56 Å². The number of rotatable bonds is 0. The van der Waals surface area contributed by atoms with Crippen LogP contribution in [0.15, 0.2) is 0 Å². The summed E-state index contributed by atoms with van der Waals surface area (Å²) >= 11 is 0. The molecule has 0 aliphatic carbocycles. The minimum absolute atomic E-state index is 0. The summed E-state index contributed by atoms with van der Waals surface area (Å²) in [4.78, 5) is 28.8. The molecule has 13 heteroatoms. The summed E-state index contributed by atoms with van der Waals surface area (Å²) in [7, 11) is 0. The smallest absolute Gasteiger partial charge is 1.00 e. The fourth-order valence-corrected chi connectivity index (χ4v) is 0.163. The number of carbonyl (C=O) groups excluding carboxylic acids is 1. The molecule has 0 aliphatic rings. The molecule has 0 unspecified atom stereocenters. The molecule has 0 bridgehead atoms. The first-order valence-electron chi connectivity index (χ1n) is 1.88. The van der Waals surface area contributed by atoms with E-state index < -0.39 is 18.5 Å². The van der Waals surface area contributed by atoms with Gasteiger partial charge in [0.05, 0.1) is 0 Å². The van der Waals surface area contributed by atoms with E-state index in [9.17, 15) is 14.4 Å². The van der Waals surface area contributed by atoms with Gasteiger partial charge in [-0.2, -0.15) is 0 Å². The molecule has 7 nitrogen and oxygen atoms in total. The van der Waals surface area contributed by atoms with Crippen molar-refractivity contribution in [3.8, 4) is 0 Å². The van der Waals surface area contributed by atoms with Crippen LogP contribution in [0.4, 0.5) is 14.4 Å². The molecule has 0 saturated heterocycles. The van der Waals surface area contributed by atoms with Crippen molar-refractivity contribution in [3.63, 3.8) is 0 Å². The predicted octanol–water partition coefficient (Wildman–Crippen LogP) is -16.8. The van der Waals surface area contributed by atoms with Crippen LogP contribution >= 0.6 is 0 Å². The van der Waals surface area contributed by atoms with Crippen molar-refractivity contribution in [1.29, 1.82) is 0 Å². The second kappa shape index (κ2) is 27.5. The Bertz CT molecular complexity index is 186. The second-order valence-electron chi connectivity index (χ2n) is 0.986. The van der Waals surface area contributed by atoms with Crippen LogP contribution in [-0.4, -0.2) is 28.7 Å². The Kier molecular flexibility index (Phi) is 73.6. The van der Waals surface area contributed by atoms with E-state index in [-0.39, 0.29) is 186 Å². The van der Waals surface area contributed by atoms with Gasteiger partial charge in [-0.05, 0) is 0 Å². The van der Waals surface area contributed by atoms with Crippen LogP contribution in [0.2, 0.25) is 0 Å². The van der Waals surface area contributed by atoms with Gasteiger partial charge in [-0.25, -0.2) is 14.4 Å². The molecule has 0 amide bonds. The van der Waals surface area contributed by atoms with Crippen molar-refractivity contribution in [2.75, 3.05) is 0 Å². The van der Waals surface area contributed by atoms with E-state index in [0.717, 1.165) is 0 Å². The molecule has 0 heterocycles. The zero-order valence-electron chi connectivity index (χ0n) is 16.4. The number of ether oxygens (including phenoxy) is 2. The maximum atomic E-state index is 9.86. The predicted molar refractivity (Wildman–Crippen MR) is 30.3 cm³/mol. The number of carbonyl (C=O) groups is 3. The Hall–Kier alpha value is 4.21. The van der Waals surface area contributed by atoms with E-state index in [1.54, 1.807) is 0 Å². The quantitative estimate of drug-likeness (QED) is 0.259. The van der Waals surface area contributed by atoms with Gasteiger partial charge in [0.25, 0.3) is 0 Å². The fraction of sp³-hybridized carbons (Fsp3) is 0. The van der Waals surface area contributed by atoms with E-state index in [0.29, 0.717) is 0 Å². The summed E-state index contributed by atoms with van der Waals surface area (Å²) in [5.41, 5.74) is 0. The molecule has 0 saturated carbocycles. The monoisotopic (exact) mass is 294 g/mol. The molecule has 0 spiro atoms. The second-order valence-corrected chi connectivity index (χ2v) is 0.986. The first-order chi connectivity index (χ1) is 4.52. The number of hydrogen-bond acceptors (Lipinski definition) is 5. The van der Waals surface area contributed by atoms with E-state index in [4.69, 9.17) is 10.2 Å². The third-order valence-electron chi connectivity index (χ3n) is 0.341. The summed E-state index contributed by atoms with van der Waals surface area (Å²) in [6, 6.07) is 0. The van der Waals surface area contributed by atoms with Crippen molar-refractivity contribution < 1.29 is 220 Å². The molecule has 0 fully saturated rings. The normalized spacial score (nSPS) is 5.00. The number of carboxylic acid groups (broad SMARTS) is 2. The van der Waals surface area contributed by atoms with Crippen LogP contribution in [-0.2, 0) is 9.47 Å². The standard InChI is InChI=1S/C3H2O7.6Na.6H/c4-1(5)9-3(8)10-2(6)7;;;;;;;;;;;;/h(H,4,5)(H,6,7);;;;;;;;;;;;/q;6*+1;6*-1. The van der Waals surface area contributed by atoms with E-state index in [1.165, 1.54) is 0 Å². The van der Waals surface area contributed by atoms with Gasteiger partial charge >= 0.3 is 196 Å². The molecule has 2 N–H and O–H groups in total. The topological polar surface area (TPSA) is 110 Å². The Morgan fingerprint density at radius 3 is 1.00 bits per heavy atom. The van der Waals surface area contributed by atoms with Crippen LogP contribution in [0.5, 0.6) is 0 Å². The molecule has 0 rings (SSSR count). The molecule has 0 aromatic carbocycles. The molecule has 68 valence electrons. The SMILES string of the molecule is O=C(O)OC(=O)OC(=O)O.[H-].[H-].[H-].[H-].[H-].[H-].[Na+].[Na+].[Na+].[Na+].[Na+].[Na+]. The Morgan fingerprint density at radius 1 is 0.688 bits per heavy atom. The van der Waals surface area contributed by atoms with Gasteiger partial charge in [0.2, 0.25) is 0 Å². The third kappa shape index (κ3) is 36.2. The van der Waals surface area contributed by atoms with Gasteiger partial charge < -0.3 is 28.2 Å². The van der Waals surface area contributed by atoms with Gasteiger partial charge in [0.1, 0.15) is 0 Å². The van der Waals surface area contributed by atoms with Gasteiger partial charge in [0, 0.05) is 0 Å². The fourth-order valence-electron chi connectivity index (χ4n) is 0.163. The molecule has 0 aliphatic heterocycles. The molecular formula is C3H8Na6O7. The van der Waals surface area contributed by atoms with Crippen LogP contribution < -0.4 is 177 Å². The maximum absolute atomic E-state index is 9.86. The Labute approximate surface area is 233 Å².